The van der Waals surface area contributed by atoms with Gasteiger partial charge in [-0.15, -0.1) is 0 Å². The molecule has 0 aliphatic heterocycles. The van der Waals surface area contributed by atoms with E-state index in [0.717, 1.165) is 80.2 Å². The summed E-state index contributed by atoms with van der Waals surface area (Å²) in [6.07, 6.45) is 0. The second-order valence-electron chi connectivity index (χ2n) is 11.8. The Kier molecular flexibility index (Phi) is 5.50. The second kappa shape index (κ2) is 9.60. The van der Waals surface area contributed by atoms with Gasteiger partial charge in [-0.3, -0.25) is 4.11 Å². The standard InChI is InChI=1S/C42H27FSi/c43-44(40-19-7-16-34-22-28-10-1-4-13-31(28)25-37(34)40,41-20-8-17-35-23-29-11-2-5-14-32(29)26-38(35)41)42-21-9-18-36-24-30-12-3-6-15-33(30)27-39(36)42/h1-27H. The van der Waals surface area contributed by atoms with Crippen LogP contribution < -0.4 is 15.6 Å². The first-order chi connectivity index (χ1) is 21.7. The second-order valence-corrected chi connectivity index (χ2v) is 14.8. The van der Waals surface area contributed by atoms with E-state index in [-0.39, 0.29) is 0 Å². The van der Waals surface area contributed by atoms with Gasteiger partial charge in [0.15, 0.2) is 0 Å². The third-order valence-electron chi connectivity index (χ3n) is 9.35. The van der Waals surface area contributed by atoms with Gasteiger partial charge in [0.2, 0.25) is 0 Å². The van der Waals surface area contributed by atoms with Gasteiger partial charge in [0, 0.05) is 0 Å². The monoisotopic (exact) mass is 578 g/mol. The van der Waals surface area contributed by atoms with Crippen LogP contribution in [0.3, 0.4) is 0 Å². The molecule has 0 saturated carbocycles. The smallest absolute Gasteiger partial charge is 0.296 e. The minimum Gasteiger partial charge on any atom is -0.296 e. The normalized spacial score (nSPS) is 12.2. The van der Waals surface area contributed by atoms with Crippen molar-refractivity contribution in [3.8, 4) is 0 Å². The molecular formula is C42H27FSi. The highest BCUT2D eigenvalue weighted by atomic mass is 28.4. The number of hydrogen-bond acceptors (Lipinski definition) is 0. The number of hydrogen-bond donors (Lipinski definition) is 0. The van der Waals surface area contributed by atoms with E-state index in [1.165, 1.54) is 0 Å². The van der Waals surface area contributed by atoms with Crippen LogP contribution in [0.15, 0.2) is 164 Å². The number of halogens is 1. The molecule has 0 heterocycles. The fourth-order valence-corrected chi connectivity index (χ4v) is 10.8. The van der Waals surface area contributed by atoms with Gasteiger partial charge in [-0.2, -0.15) is 0 Å². The molecule has 0 N–H and O–H groups in total. The van der Waals surface area contributed by atoms with E-state index in [4.69, 9.17) is 0 Å². The van der Waals surface area contributed by atoms with Gasteiger partial charge < -0.3 is 0 Å². The van der Waals surface area contributed by atoms with Crippen molar-refractivity contribution in [2.75, 3.05) is 0 Å². The lowest BCUT2D eigenvalue weighted by molar-refractivity contribution is 0.844. The Morgan fingerprint density at radius 1 is 0.273 bits per heavy atom. The van der Waals surface area contributed by atoms with Crippen LogP contribution in [0, 0.1) is 0 Å². The number of benzene rings is 9. The first kappa shape index (κ1) is 25.2. The highest BCUT2D eigenvalue weighted by molar-refractivity contribution is 7.10. The summed E-state index contributed by atoms with van der Waals surface area (Å²) in [5.74, 6) is 0. The van der Waals surface area contributed by atoms with E-state index in [1.54, 1.807) is 0 Å². The summed E-state index contributed by atoms with van der Waals surface area (Å²) in [6, 6.07) is 56.9. The van der Waals surface area contributed by atoms with Gasteiger partial charge in [0.05, 0.1) is 0 Å². The van der Waals surface area contributed by atoms with Crippen LogP contribution in [0.5, 0.6) is 0 Å². The molecule has 9 rings (SSSR count). The van der Waals surface area contributed by atoms with Crippen molar-refractivity contribution >= 4 is 88.6 Å². The lowest BCUT2D eigenvalue weighted by Crippen LogP contribution is -2.64. The zero-order chi connectivity index (χ0) is 29.3. The Morgan fingerprint density at radius 2 is 0.523 bits per heavy atom. The van der Waals surface area contributed by atoms with Crippen molar-refractivity contribution in [3.63, 3.8) is 0 Å². The molecule has 0 aliphatic carbocycles. The minimum absolute atomic E-state index is 0.794. The van der Waals surface area contributed by atoms with Crippen LogP contribution in [-0.2, 0) is 0 Å². The molecule has 9 aromatic rings. The molecule has 0 radical (unpaired) electrons. The minimum atomic E-state index is -4.13. The molecule has 44 heavy (non-hydrogen) atoms. The predicted molar refractivity (Wildman–Crippen MR) is 190 cm³/mol. The Bertz CT molecular complexity index is 2300. The molecular weight excluding hydrogens is 552 g/mol. The van der Waals surface area contributed by atoms with E-state index in [2.05, 4.69) is 127 Å². The molecule has 0 nitrogen and oxygen atoms in total. The highest BCUT2D eigenvalue weighted by Crippen LogP contribution is 2.30. The van der Waals surface area contributed by atoms with E-state index in [9.17, 15) is 0 Å². The van der Waals surface area contributed by atoms with Crippen LogP contribution in [-0.4, -0.2) is 8.41 Å². The Hall–Kier alpha value is -5.31. The first-order valence-corrected chi connectivity index (χ1v) is 17.0. The summed E-state index contributed by atoms with van der Waals surface area (Å²) in [4.78, 5) is 0. The van der Waals surface area contributed by atoms with Gasteiger partial charge >= 0.3 is 8.41 Å². The number of rotatable bonds is 3. The molecule has 0 atom stereocenters. The van der Waals surface area contributed by atoms with Gasteiger partial charge in [-0.05, 0) is 117 Å². The highest BCUT2D eigenvalue weighted by Gasteiger charge is 2.44. The fourth-order valence-electron chi connectivity index (χ4n) is 7.24. The Morgan fingerprint density at radius 3 is 0.818 bits per heavy atom. The molecule has 0 aliphatic rings. The Labute approximate surface area is 255 Å². The zero-order valence-electron chi connectivity index (χ0n) is 24.0. The van der Waals surface area contributed by atoms with Crippen LogP contribution in [0.2, 0.25) is 0 Å². The molecule has 0 aromatic heterocycles. The van der Waals surface area contributed by atoms with Crippen LogP contribution in [0.4, 0.5) is 4.11 Å². The molecule has 2 heteroatoms. The third-order valence-corrected chi connectivity index (χ3v) is 12.9. The summed E-state index contributed by atoms with van der Waals surface area (Å²) >= 11 is 0. The maximum absolute atomic E-state index is 19.5. The van der Waals surface area contributed by atoms with Gasteiger partial charge in [0.1, 0.15) is 0 Å². The molecule has 0 unspecified atom stereocenters. The summed E-state index contributed by atoms with van der Waals surface area (Å²) < 4.78 is 19.5. The van der Waals surface area contributed by atoms with Crippen molar-refractivity contribution in [2.24, 2.45) is 0 Å². The summed E-state index contributed by atoms with van der Waals surface area (Å²) in [5, 5.41) is 15.4. The van der Waals surface area contributed by atoms with Crippen molar-refractivity contribution in [3.05, 3.63) is 164 Å². The molecule has 9 aromatic carbocycles. The SMILES string of the molecule is F[Si](c1cccc2cc3ccccc3cc12)(c1cccc2cc3ccccc3cc12)c1cccc2cc3ccccc3cc12. The average Bonchev–Trinajstić information content (AvgIpc) is 3.07. The molecule has 0 bridgehead atoms. The summed E-state index contributed by atoms with van der Waals surface area (Å²) in [5.41, 5.74) is 0. The molecule has 206 valence electrons. The van der Waals surface area contributed by atoms with Crippen LogP contribution in [0.1, 0.15) is 0 Å². The van der Waals surface area contributed by atoms with Gasteiger partial charge in [-0.1, -0.05) is 127 Å². The molecule has 0 amide bonds. The quantitative estimate of drug-likeness (QED) is 0.0848. The van der Waals surface area contributed by atoms with Gasteiger partial charge in [-0.25, -0.2) is 0 Å². The lowest BCUT2D eigenvalue weighted by atomic mass is 10.0. The Balaban J connectivity index is 1.45. The van der Waals surface area contributed by atoms with E-state index >= 15 is 4.11 Å². The lowest BCUT2D eigenvalue weighted by Gasteiger charge is -2.28. The molecule has 0 fully saturated rings. The largest absolute Gasteiger partial charge is 0.341 e. The zero-order valence-corrected chi connectivity index (χ0v) is 25.0. The van der Waals surface area contributed by atoms with Crippen LogP contribution in [0.25, 0.3) is 64.6 Å². The van der Waals surface area contributed by atoms with Crippen molar-refractivity contribution < 1.29 is 4.11 Å². The average molecular weight is 579 g/mol. The number of fused-ring (bicyclic) bond motifs is 6. The van der Waals surface area contributed by atoms with E-state index < -0.39 is 8.41 Å². The van der Waals surface area contributed by atoms with Crippen molar-refractivity contribution in [1.29, 1.82) is 0 Å². The first-order valence-electron chi connectivity index (χ1n) is 15.1. The maximum atomic E-state index is 19.5. The summed E-state index contributed by atoms with van der Waals surface area (Å²) in [6.45, 7) is 0. The van der Waals surface area contributed by atoms with Crippen molar-refractivity contribution in [1.82, 2.24) is 0 Å². The maximum Gasteiger partial charge on any atom is 0.341 e. The van der Waals surface area contributed by atoms with E-state index in [1.807, 2.05) is 36.4 Å². The molecule has 0 spiro atoms. The third kappa shape index (κ3) is 3.75. The van der Waals surface area contributed by atoms with Crippen LogP contribution >= 0.6 is 0 Å². The summed E-state index contributed by atoms with van der Waals surface area (Å²) in [7, 11) is -4.13. The fraction of sp³-hybridized carbons (Fsp3) is 0. The van der Waals surface area contributed by atoms with E-state index in [0.29, 0.717) is 0 Å². The predicted octanol–water partition coefficient (Wildman–Crippen LogP) is 9.54. The molecule has 0 saturated heterocycles. The van der Waals surface area contributed by atoms with Gasteiger partial charge in [0.25, 0.3) is 0 Å². The van der Waals surface area contributed by atoms with Crippen molar-refractivity contribution in [2.45, 2.75) is 0 Å². The topological polar surface area (TPSA) is 0 Å².